The lowest BCUT2D eigenvalue weighted by Crippen LogP contribution is -2.22. The molecule has 10 heteroatoms. The fourth-order valence-corrected chi connectivity index (χ4v) is 4.65. The minimum atomic E-state index is -3.69. The highest BCUT2D eigenvalue weighted by Gasteiger charge is 2.17. The lowest BCUT2D eigenvalue weighted by Gasteiger charge is -2.13. The molecule has 3 aromatic rings. The molecule has 166 valence electrons. The first-order valence-electron chi connectivity index (χ1n) is 9.37. The molecule has 0 bridgehead atoms. The van der Waals surface area contributed by atoms with Gasteiger partial charge in [0.15, 0.2) is 0 Å². The molecule has 0 radical (unpaired) electrons. The predicted octanol–water partition coefficient (Wildman–Crippen LogP) is 4.01. The maximum atomic E-state index is 12.5. The number of carboxylic acids is 1. The Morgan fingerprint density at radius 3 is 2.19 bits per heavy atom. The van der Waals surface area contributed by atoms with Crippen molar-refractivity contribution >= 4 is 45.0 Å². The molecule has 1 amide bonds. The number of carbonyl (C=O) groups is 2. The molecule has 0 heterocycles. The van der Waals surface area contributed by atoms with E-state index in [0.29, 0.717) is 5.69 Å². The van der Waals surface area contributed by atoms with Gasteiger partial charge in [-0.15, -0.1) is 11.8 Å². The van der Waals surface area contributed by atoms with Gasteiger partial charge in [-0.05, 0) is 61.5 Å². The molecular weight excluding hydrogens is 452 g/mol. The van der Waals surface area contributed by atoms with Gasteiger partial charge in [-0.3, -0.25) is 9.52 Å². The van der Waals surface area contributed by atoms with Crippen molar-refractivity contribution in [2.75, 3.05) is 10.0 Å². The molecule has 3 rings (SSSR count). The van der Waals surface area contributed by atoms with Crippen LogP contribution in [-0.2, 0) is 14.8 Å². The van der Waals surface area contributed by atoms with E-state index in [1.807, 2.05) is 0 Å². The Balaban J connectivity index is 1.62. The van der Waals surface area contributed by atoms with Gasteiger partial charge in [-0.1, -0.05) is 18.2 Å². The Bertz CT molecular complexity index is 1230. The van der Waals surface area contributed by atoms with Crippen molar-refractivity contribution in [2.24, 2.45) is 0 Å². The second-order valence-corrected chi connectivity index (χ2v) is 9.83. The number of aromatic carboxylic acids is 1. The summed E-state index contributed by atoms with van der Waals surface area (Å²) in [5, 5.41) is 20.7. The fraction of sp³-hybridized carbons (Fsp3) is 0.0909. The number of nitrogens with one attached hydrogen (secondary N) is 2. The standard InChI is InChI=1S/C22H20N2O6S2/c1-14(21(26)23-16-9-12-20(25)19(13-16)22(27)28)31-17-10-7-15(8-11-17)24-32(29,30)18-5-3-2-4-6-18/h2-14,24-25H,1H3,(H,23,26)(H,27,28). The average Bonchev–Trinajstić information content (AvgIpc) is 2.76. The van der Waals surface area contributed by atoms with E-state index in [4.69, 9.17) is 5.11 Å². The Labute approximate surface area is 189 Å². The summed E-state index contributed by atoms with van der Waals surface area (Å²) >= 11 is 1.25. The summed E-state index contributed by atoms with van der Waals surface area (Å²) in [6, 6.07) is 18.4. The lowest BCUT2D eigenvalue weighted by molar-refractivity contribution is -0.115. The van der Waals surface area contributed by atoms with Crippen molar-refractivity contribution in [1.82, 2.24) is 0 Å². The number of carboxylic acid groups (broad SMARTS) is 1. The molecule has 0 saturated heterocycles. The van der Waals surface area contributed by atoms with Crippen molar-refractivity contribution in [3.8, 4) is 5.75 Å². The monoisotopic (exact) mass is 472 g/mol. The molecule has 0 aromatic heterocycles. The van der Waals surface area contributed by atoms with E-state index < -0.39 is 21.2 Å². The third kappa shape index (κ3) is 5.80. The molecule has 4 N–H and O–H groups in total. The van der Waals surface area contributed by atoms with Crippen molar-refractivity contribution in [2.45, 2.75) is 22.0 Å². The van der Waals surface area contributed by atoms with Crippen LogP contribution in [0.5, 0.6) is 5.75 Å². The van der Waals surface area contributed by atoms with E-state index in [-0.39, 0.29) is 27.8 Å². The highest BCUT2D eigenvalue weighted by atomic mass is 32.2. The number of benzene rings is 3. The quantitative estimate of drug-likeness (QED) is 0.288. The molecule has 0 aliphatic heterocycles. The van der Waals surface area contributed by atoms with Crippen LogP contribution in [-0.4, -0.2) is 35.8 Å². The molecule has 0 saturated carbocycles. The number of sulfonamides is 1. The number of amides is 1. The first-order chi connectivity index (χ1) is 15.2. The molecule has 0 fully saturated rings. The van der Waals surface area contributed by atoms with Gasteiger partial charge in [-0.25, -0.2) is 13.2 Å². The largest absolute Gasteiger partial charge is 0.507 e. The highest BCUT2D eigenvalue weighted by Crippen LogP contribution is 2.27. The molecule has 0 aliphatic rings. The van der Waals surface area contributed by atoms with Crippen LogP contribution >= 0.6 is 11.8 Å². The number of hydrogen-bond donors (Lipinski definition) is 4. The summed E-state index contributed by atoms with van der Waals surface area (Å²) in [5.41, 5.74) is 0.334. The number of hydrogen-bond acceptors (Lipinski definition) is 6. The van der Waals surface area contributed by atoms with Crippen LogP contribution in [0.2, 0.25) is 0 Å². The number of rotatable bonds is 8. The minimum absolute atomic E-state index is 0.157. The second-order valence-electron chi connectivity index (χ2n) is 6.73. The van der Waals surface area contributed by atoms with Gasteiger partial charge >= 0.3 is 5.97 Å². The van der Waals surface area contributed by atoms with E-state index in [0.717, 1.165) is 4.90 Å². The van der Waals surface area contributed by atoms with Crippen molar-refractivity contribution in [1.29, 1.82) is 0 Å². The third-order valence-corrected chi connectivity index (χ3v) is 6.85. The van der Waals surface area contributed by atoms with Gasteiger partial charge in [-0.2, -0.15) is 0 Å². The zero-order valence-corrected chi connectivity index (χ0v) is 18.5. The van der Waals surface area contributed by atoms with Crippen LogP contribution in [0.1, 0.15) is 17.3 Å². The summed E-state index contributed by atoms with van der Waals surface area (Å²) in [4.78, 5) is 24.5. The SMILES string of the molecule is CC(Sc1ccc(NS(=O)(=O)c2ccccc2)cc1)C(=O)Nc1ccc(O)c(C(=O)O)c1. The van der Waals surface area contributed by atoms with Crippen LogP contribution in [0.25, 0.3) is 0 Å². The lowest BCUT2D eigenvalue weighted by atomic mass is 10.2. The van der Waals surface area contributed by atoms with Crippen molar-refractivity contribution in [3.05, 3.63) is 78.4 Å². The molecule has 8 nitrogen and oxygen atoms in total. The molecule has 1 atom stereocenters. The van der Waals surface area contributed by atoms with Gasteiger partial charge in [0.05, 0.1) is 10.1 Å². The Morgan fingerprint density at radius 2 is 1.56 bits per heavy atom. The van der Waals surface area contributed by atoms with Gasteiger partial charge in [0, 0.05) is 16.3 Å². The van der Waals surface area contributed by atoms with E-state index in [9.17, 15) is 23.1 Å². The molecular formula is C22H20N2O6S2. The molecule has 3 aromatic carbocycles. The second kappa shape index (κ2) is 9.75. The topological polar surface area (TPSA) is 133 Å². The first kappa shape index (κ1) is 23.2. The van der Waals surface area contributed by atoms with Gasteiger partial charge in [0.1, 0.15) is 11.3 Å². The summed E-state index contributed by atoms with van der Waals surface area (Å²) < 4.78 is 27.3. The van der Waals surface area contributed by atoms with Crippen LogP contribution in [0.3, 0.4) is 0 Å². The number of phenols is 1. The van der Waals surface area contributed by atoms with E-state index in [1.54, 1.807) is 49.4 Å². The fourth-order valence-electron chi connectivity index (χ4n) is 2.70. The normalized spacial score (nSPS) is 12.0. The van der Waals surface area contributed by atoms with Gasteiger partial charge in [0.25, 0.3) is 10.0 Å². The van der Waals surface area contributed by atoms with Gasteiger partial charge in [0.2, 0.25) is 5.91 Å². The van der Waals surface area contributed by atoms with Crippen LogP contribution in [0, 0.1) is 0 Å². The van der Waals surface area contributed by atoms with Gasteiger partial charge < -0.3 is 15.5 Å². The zero-order chi connectivity index (χ0) is 23.3. The minimum Gasteiger partial charge on any atom is -0.507 e. The third-order valence-electron chi connectivity index (χ3n) is 4.34. The average molecular weight is 473 g/mol. The maximum Gasteiger partial charge on any atom is 0.339 e. The predicted molar refractivity (Wildman–Crippen MR) is 123 cm³/mol. The molecule has 32 heavy (non-hydrogen) atoms. The Morgan fingerprint density at radius 1 is 0.938 bits per heavy atom. The first-order valence-corrected chi connectivity index (χ1v) is 11.7. The summed E-state index contributed by atoms with van der Waals surface area (Å²) in [5.74, 6) is -2.05. The van der Waals surface area contributed by atoms with E-state index in [2.05, 4.69) is 10.0 Å². The Kier molecular flexibility index (Phi) is 7.06. The maximum absolute atomic E-state index is 12.5. The summed E-state index contributed by atoms with van der Waals surface area (Å²) in [7, 11) is -3.69. The smallest absolute Gasteiger partial charge is 0.339 e. The van der Waals surface area contributed by atoms with Crippen molar-refractivity contribution < 1.29 is 28.2 Å². The molecule has 0 aliphatic carbocycles. The van der Waals surface area contributed by atoms with Crippen LogP contribution < -0.4 is 10.0 Å². The zero-order valence-electron chi connectivity index (χ0n) is 16.8. The molecule has 0 spiro atoms. The summed E-state index contributed by atoms with van der Waals surface area (Å²) in [6.07, 6.45) is 0. The van der Waals surface area contributed by atoms with Crippen molar-refractivity contribution in [3.63, 3.8) is 0 Å². The molecule has 1 unspecified atom stereocenters. The summed E-state index contributed by atoms with van der Waals surface area (Å²) in [6.45, 7) is 1.69. The van der Waals surface area contributed by atoms with E-state index in [1.165, 1.54) is 42.1 Å². The highest BCUT2D eigenvalue weighted by molar-refractivity contribution is 8.00. The number of carbonyl (C=O) groups excluding carboxylic acids is 1. The number of anilines is 2. The number of aromatic hydroxyl groups is 1. The van der Waals surface area contributed by atoms with Crippen LogP contribution in [0.4, 0.5) is 11.4 Å². The van der Waals surface area contributed by atoms with E-state index >= 15 is 0 Å². The van der Waals surface area contributed by atoms with Crippen LogP contribution in [0.15, 0.2) is 82.6 Å². The Hall–Kier alpha value is -3.50. The number of thioether (sulfide) groups is 1.